The van der Waals surface area contributed by atoms with Crippen molar-refractivity contribution in [2.45, 2.75) is 35.4 Å². The van der Waals surface area contributed by atoms with Crippen LogP contribution in [0.25, 0.3) is 0 Å². The highest BCUT2D eigenvalue weighted by Gasteiger charge is 2.42. The molecule has 1 heterocycles. The quantitative estimate of drug-likeness (QED) is 0.339. The van der Waals surface area contributed by atoms with Gasteiger partial charge >= 0.3 is 0 Å². The van der Waals surface area contributed by atoms with E-state index in [1.165, 1.54) is 12.1 Å². The van der Waals surface area contributed by atoms with Crippen LogP contribution in [0.5, 0.6) is 0 Å². The summed E-state index contributed by atoms with van der Waals surface area (Å²) in [5.41, 5.74) is 4.66. The Morgan fingerprint density at radius 1 is 1.47 bits per heavy atom. The third kappa shape index (κ3) is 2.86. The molecule has 1 aromatic heterocycles. The van der Waals surface area contributed by atoms with Crippen LogP contribution in [0.4, 0.5) is 0 Å². The first-order valence-electron chi connectivity index (χ1n) is 5.67. The minimum Gasteiger partial charge on any atom is -0.409 e. The summed E-state index contributed by atoms with van der Waals surface area (Å²) < 4.78 is 27.6. The lowest BCUT2D eigenvalue weighted by atomic mass is 9.98. The van der Waals surface area contributed by atoms with E-state index < -0.39 is 15.6 Å². The minimum atomic E-state index is -3.72. The van der Waals surface area contributed by atoms with Crippen molar-refractivity contribution in [2.24, 2.45) is 10.9 Å². The van der Waals surface area contributed by atoms with Gasteiger partial charge in [-0.3, -0.25) is 0 Å². The summed E-state index contributed by atoms with van der Waals surface area (Å²) in [5, 5.41) is 11.8. The number of nitrogens with zero attached hydrogens (tertiary/aromatic N) is 1. The lowest BCUT2D eigenvalue weighted by Crippen LogP contribution is -2.55. The van der Waals surface area contributed by atoms with Crippen LogP contribution in [0.2, 0.25) is 4.34 Å². The number of nitrogens with one attached hydrogen (secondary N) is 1. The highest BCUT2D eigenvalue weighted by atomic mass is 35.5. The Balaban J connectivity index is 2.32. The van der Waals surface area contributed by atoms with Gasteiger partial charge in [-0.05, 0) is 25.0 Å². The summed E-state index contributed by atoms with van der Waals surface area (Å²) in [6.45, 7) is 0. The second-order valence-electron chi connectivity index (χ2n) is 4.44. The molecule has 106 valence electrons. The maximum Gasteiger partial charge on any atom is 0.251 e. The molecule has 0 aliphatic heterocycles. The average molecular weight is 324 g/mol. The topological polar surface area (TPSA) is 105 Å². The third-order valence-corrected chi connectivity index (χ3v) is 6.46. The van der Waals surface area contributed by atoms with Crippen molar-refractivity contribution in [3.8, 4) is 0 Å². The molecule has 19 heavy (non-hydrogen) atoms. The fourth-order valence-electron chi connectivity index (χ4n) is 2.23. The highest BCUT2D eigenvalue weighted by molar-refractivity contribution is 7.91. The molecule has 6 nitrogen and oxygen atoms in total. The summed E-state index contributed by atoms with van der Waals surface area (Å²) in [7, 11) is -3.72. The van der Waals surface area contributed by atoms with Crippen molar-refractivity contribution in [1.29, 1.82) is 0 Å². The molecule has 0 unspecified atom stereocenters. The van der Waals surface area contributed by atoms with Gasteiger partial charge in [-0.2, -0.15) is 4.72 Å². The molecule has 0 atom stereocenters. The van der Waals surface area contributed by atoms with Crippen LogP contribution < -0.4 is 10.5 Å². The van der Waals surface area contributed by atoms with Crippen LogP contribution in [-0.4, -0.2) is 25.0 Å². The van der Waals surface area contributed by atoms with Gasteiger partial charge in [-0.15, -0.1) is 11.3 Å². The number of sulfonamides is 1. The van der Waals surface area contributed by atoms with Crippen molar-refractivity contribution in [3.05, 3.63) is 16.5 Å². The largest absolute Gasteiger partial charge is 0.409 e. The van der Waals surface area contributed by atoms with Crippen LogP contribution in [0.1, 0.15) is 25.7 Å². The Labute approximate surface area is 120 Å². The SMILES string of the molecule is N/C(=N/O)C1(NS(=O)(=O)c2ccc(Cl)s2)CCCC1. The van der Waals surface area contributed by atoms with Crippen LogP contribution in [0.3, 0.4) is 0 Å². The van der Waals surface area contributed by atoms with Gasteiger partial charge in [0.1, 0.15) is 4.21 Å². The van der Waals surface area contributed by atoms with E-state index in [4.69, 9.17) is 22.5 Å². The maximum atomic E-state index is 12.3. The molecular formula is C10H14ClN3O3S2. The van der Waals surface area contributed by atoms with Crippen molar-refractivity contribution >= 4 is 38.8 Å². The number of halogens is 1. The van der Waals surface area contributed by atoms with Gasteiger partial charge in [0.05, 0.1) is 9.88 Å². The Morgan fingerprint density at radius 2 is 2.11 bits per heavy atom. The van der Waals surface area contributed by atoms with E-state index in [0.29, 0.717) is 17.2 Å². The Morgan fingerprint density at radius 3 is 2.58 bits per heavy atom. The van der Waals surface area contributed by atoms with Gasteiger partial charge in [0.15, 0.2) is 5.84 Å². The molecule has 4 N–H and O–H groups in total. The van der Waals surface area contributed by atoms with Crippen LogP contribution >= 0.6 is 22.9 Å². The summed E-state index contributed by atoms with van der Waals surface area (Å²) in [4.78, 5) is 0. The first kappa shape index (κ1) is 14.6. The number of amidine groups is 1. The molecule has 0 aromatic carbocycles. The van der Waals surface area contributed by atoms with E-state index in [1.807, 2.05) is 0 Å². The zero-order chi connectivity index (χ0) is 14.1. The van der Waals surface area contributed by atoms with E-state index in [1.54, 1.807) is 0 Å². The molecular weight excluding hydrogens is 310 g/mol. The Kier molecular flexibility index (Phi) is 4.05. The fourth-order valence-corrected chi connectivity index (χ4v) is 5.15. The molecule has 1 fully saturated rings. The molecule has 0 amide bonds. The Bertz CT molecular complexity index is 591. The second kappa shape index (κ2) is 5.28. The minimum absolute atomic E-state index is 0.101. The first-order chi connectivity index (χ1) is 8.89. The molecule has 1 saturated carbocycles. The Hall–Kier alpha value is -0.830. The third-order valence-electron chi connectivity index (χ3n) is 3.20. The van der Waals surface area contributed by atoms with Gasteiger partial charge in [0.2, 0.25) is 0 Å². The first-order valence-corrected chi connectivity index (χ1v) is 8.35. The van der Waals surface area contributed by atoms with Crippen molar-refractivity contribution in [1.82, 2.24) is 4.72 Å². The zero-order valence-corrected chi connectivity index (χ0v) is 12.4. The smallest absolute Gasteiger partial charge is 0.251 e. The van der Waals surface area contributed by atoms with Gasteiger partial charge in [-0.25, -0.2) is 8.42 Å². The number of thiophene rings is 1. The maximum absolute atomic E-state index is 12.3. The van der Waals surface area contributed by atoms with Crippen LogP contribution in [0.15, 0.2) is 21.5 Å². The molecule has 0 bridgehead atoms. The molecule has 1 aromatic rings. The molecule has 0 spiro atoms. The monoisotopic (exact) mass is 323 g/mol. The van der Waals surface area contributed by atoms with Crippen LogP contribution in [0, 0.1) is 0 Å². The number of nitrogens with two attached hydrogens (primary N) is 1. The molecule has 1 aliphatic rings. The van der Waals surface area contributed by atoms with Crippen molar-refractivity contribution < 1.29 is 13.6 Å². The fraction of sp³-hybridized carbons (Fsp3) is 0.500. The number of rotatable bonds is 4. The van der Waals surface area contributed by atoms with Gasteiger partial charge in [0, 0.05) is 0 Å². The average Bonchev–Trinajstić information content (AvgIpc) is 2.98. The standard InChI is InChI=1S/C10H14ClN3O3S2/c11-7-3-4-8(18-7)19(16,17)14-10(9(12)13-15)5-1-2-6-10/h3-4,14-15H,1-2,5-6H2,(H2,12,13). The van der Waals surface area contributed by atoms with E-state index in [2.05, 4.69) is 9.88 Å². The van der Waals surface area contributed by atoms with Crippen LogP contribution in [-0.2, 0) is 10.0 Å². The summed E-state index contributed by atoms with van der Waals surface area (Å²) >= 11 is 6.71. The molecule has 0 saturated heterocycles. The summed E-state index contributed by atoms with van der Waals surface area (Å²) in [6.07, 6.45) is 2.68. The summed E-state index contributed by atoms with van der Waals surface area (Å²) in [5.74, 6) is -0.101. The molecule has 0 radical (unpaired) electrons. The van der Waals surface area contributed by atoms with E-state index in [9.17, 15) is 8.42 Å². The van der Waals surface area contributed by atoms with Gasteiger partial charge in [-0.1, -0.05) is 29.6 Å². The zero-order valence-electron chi connectivity index (χ0n) is 9.97. The van der Waals surface area contributed by atoms with E-state index >= 15 is 0 Å². The lowest BCUT2D eigenvalue weighted by Gasteiger charge is -2.27. The number of hydrogen-bond acceptors (Lipinski definition) is 5. The molecule has 2 rings (SSSR count). The van der Waals surface area contributed by atoms with Crippen molar-refractivity contribution in [2.75, 3.05) is 0 Å². The van der Waals surface area contributed by atoms with E-state index in [0.717, 1.165) is 24.2 Å². The predicted octanol–water partition coefficient (Wildman–Crippen LogP) is 1.74. The lowest BCUT2D eigenvalue weighted by molar-refractivity contribution is 0.310. The normalized spacial score (nSPS) is 19.7. The molecule has 1 aliphatic carbocycles. The van der Waals surface area contributed by atoms with Crippen molar-refractivity contribution in [3.63, 3.8) is 0 Å². The second-order valence-corrected chi connectivity index (χ2v) is 8.06. The number of oxime groups is 1. The highest BCUT2D eigenvalue weighted by Crippen LogP contribution is 2.33. The summed E-state index contributed by atoms with van der Waals surface area (Å²) in [6, 6.07) is 2.95. The predicted molar refractivity (Wildman–Crippen MR) is 74.3 cm³/mol. The van der Waals surface area contributed by atoms with Gasteiger partial charge < -0.3 is 10.9 Å². The molecule has 9 heteroatoms. The van der Waals surface area contributed by atoms with Gasteiger partial charge in [0.25, 0.3) is 10.0 Å². The number of hydrogen-bond donors (Lipinski definition) is 3. The van der Waals surface area contributed by atoms with E-state index in [-0.39, 0.29) is 10.0 Å².